The van der Waals surface area contributed by atoms with E-state index in [2.05, 4.69) is 4.74 Å². The number of hydrogen-bond donors (Lipinski definition) is 0. The number of carbonyl (C=O) groups is 2. The van der Waals surface area contributed by atoms with Crippen LogP contribution in [0, 0.1) is 5.92 Å². The molecule has 3 unspecified atom stereocenters. The minimum Gasteiger partial charge on any atom is -0.493 e. The van der Waals surface area contributed by atoms with Gasteiger partial charge in [-0.3, -0.25) is 4.79 Å². The van der Waals surface area contributed by atoms with Gasteiger partial charge in [0.15, 0.2) is 0 Å². The third kappa shape index (κ3) is 3.76. The van der Waals surface area contributed by atoms with Crippen molar-refractivity contribution in [3.63, 3.8) is 0 Å². The number of Topliss-reactive ketones (excluding diaryl/α,β-unsaturated/α-hetero) is 1. The molecule has 1 saturated carbocycles. The highest BCUT2D eigenvalue weighted by molar-refractivity contribution is 5.96. The van der Waals surface area contributed by atoms with Crippen molar-refractivity contribution >= 4 is 11.8 Å². The van der Waals surface area contributed by atoms with Crippen LogP contribution < -0.4 is 4.74 Å². The maximum absolute atomic E-state index is 12.6. The Balaban J connectivity index is 1.59. The van der Waals surface area contributed by atoms with Crippen LogP contribution in [0.2, 0.25) is 0 Å². The number of ether oxygens (including phenoxy) is 4. The maximum atomic E-state index is 12.6. The first-order valence-corrected chi connectivity index (χ1v) is 7.98. The van der Waals surface area contributed by atoms with E-state index in [1.807, 2.05) is 18.2 Å². The van der Waals surface area contributed by atoms with Crippen molar-refractivity contribution in [1.82, 2.24) is 0 Å². The monoisotopic (exact) mass is 332 g/mol. The molecule has 24 heavy (non-hydrogen) atoms. The Kier molecular flexibility index (Phi) is 5.15. The van der Waals surface area contributed by atoms with E-state index in [9.17, 15) is 9.59 Å². The predicted octanol–water partition coefficient (Wildman–Crippen LogP) is 2.23. The summed E-state index contributed by atoms with van der Waals surface area (Å²) >= 11 is 0. The molecule has 1 aliphatic heterocycles. The van der Waals surface area contributed by atoms with Crippen LogP contribution in [0.5, 0.6) is 5.75 Å². The fourth-order valence-electron chi connectivity index (χ4n) is 3.02. The van der Waals surface area contributed by atoms with Gasteiger partial charge in [-0.05, 0) is 25.0 Å². The smallest absolute Gasteiger partial charge is 0.331 e. The quantitative estimate of drug-likeness (QED) is 0.770. The van der Waals surface area contributed by atoms with E-state index in [4.69, 9.17) is 14.2 Å². The summed E-state index contributed by atoms with van der Waals surface area (Å²) in [6.07, 6.45) is 2.96. The van der Waals surface area contributed by atoms with E-state index in [1.54, 1.807) is 12.1 Å². The number of fused-ring (bicyclic) bond motifs is 1. The number of carbonyl (C=O) groups excluding carboxylic acids is 2. The second-order valence-electron chi connectivity index (χ2n) is 5.86. The molecule has 0 saturated heterocycles. The molecule has 6 nitrogen and oxygen atoms in total. The van der Waals surface area contributed by atoms with Gasteiger partial charge in [-0.25, -0.2) is 4.79 Å². The zero-order valence-electron chi connectivity index (χ0n) is 13.5. The SMILES string of the molecule is COC(=O)COC1CCC2C(=O)C(Oc3ccccc3)=COC2C1. The number of hydrogen-bond acceptors (Lipinski definition) is 6. The Morgan fingerprint density at radius 1 is 1.25 bits per heavy atom. The third-order valence-corrected chi connectivity index (χ3v) is 4.31. The Bertz CT molecular complexity index is 624. The Morgan fingerprint density at radius 2 is 2.04 bits per heavy atom. The van der Waals surface area contributed by atoms with E-state index < -0.39 is 5.97 Å². The summed E-state index contributed by atoms with van der Waals surface area (Å²) in [6.45, 7) is -0.0787. The Labute approximate surface area is 140 Å². The van der Waals surface area contributed by atoms with Gasteiger partial charge in [-0.2, -0.15) is 0 Å². The summed E-state index contributed by atoms with van der Waals surface area (Å²) in [7, 11) is 1.32. The van der Waals surface area contributed by atoms with Crippen molar-refractivity contribution in [2.24, 2.45) is 5.92 Å². The Morgan fingerprint density at radius 3 is 2.79 bits per heavy atom. The van der Waals surface area contributed by atoms with Gasteiger partial charge in [-0.15, -0.1) is 0 Å². The fourth-order valence-corrected chi connectivity index (χ4v) is 3.02. The zero-order chi connectivity index (χ0) is 16.9. The zero-order valence-corrected chi connectivity index (χ0v) is 13.5. The summed E-state index contributed by atoms with van der Waals surface area (Å²) in [4.78, 5) is 23.7. The molecule has 1 aromatic carbocycles. The lowest BCUT2D eigenvalue weighted by Crippen LogP contribution is -2.42. The third-order valence-electron chi connectivity index (χ3n) is 4.31. The van der Waals surface area contributed by atoms with Crippen LogP contribution in [-0.4, -0.2) is 37.7 Å². The molecule has 0 radical (unpaired) electrons. The van der Waals surface area contributed by atoms with Gasteiger partial charge in [0.25, 0.3) is 0 Å². The highest BCUT2D eigenvalue weighted by atomic mass is 16.6. The van der Waals surface area contributed by atoms with E-state index in [0.717, 1.165) is 0 Å². The number of allylic oxidation sites excluding steroid dienone is 1. The molecule has 0 aromatic heterocycles. The van der Waals surface area contributed by atoms with Crippen LogP contribution in [-0.2, 0) is 23.8 Å². The lowest BCUT2D eigenvalue weighted by molar-refractivity contribution is -0.152. The van der Waals surface area contributed by atoms with Gasteiger partial charge < -0.3 is 18.9 Å². The molecule has 1 aliphatic carbocycles. The number of rotatable bonds is 5. The molecule has 2 aliphatic rings. The minimum absolute atomic E-state index is 0.0403. The molecular formula is C18H20O6. The molecule has 1 fully saturated rings. The maximum Gasteiger partial charge on any atom is 0.331 e. The molecule has 3 atom stereocenters. The first kappa shape index (κ1) is 16.5. The van der Waals surface area contributed by atoms with E-state index in [0.29, 0.717) is 25.0 Å². The average Bonchev–Trinajstić information content (AvgIpc) is 2.63. The van der Waals surface area contributed by atoms with Crippen molar-refractivity contribution in [3.05, 3.63) is 42.4 Å². The van der Waals surface area contributed by atoms with Crippen LogP contribution in [0.3, 0.4) is 0 Å². The molecule has 0 N–H and O–H groups in total. The van der Waals surface area contributed by atoms with Gasteiger partial charge in [0, 0.05) is 6.42 Å². The average molecular weight is 332 g/mol. The van der Waals surface area contributed by atoms with E-state index in [-0.39, 0.29) is 36.3 Å². The largest absolute Gasteiger partial charge is 0.493 e. The van der Waals surface area contributed by atoms with Gasteiger partial charge >= 0.3 is 5.97 Å². The summed E-state index contributed by atoms with van der Waals surface area (Å²) < 4.78 is 21.4. The number of esters is 1. The standard InChI is InChI=1S/C18H20O6/c1-21-17(19)11-22-13-7-8-14-15(9-13)23-10-16(18(14)20)24-12-5-3-2-4-6-12/h2-6,10,13-15H,7-9,11H2,1H3. The molecule has 0 bridgehead atoms. The van der Waals surface area contributed by atoms with Crippen LogP contribution in [0.4, 0.5) is 0 Å². The highest BCUT2D eigenvalue weighted by Gasteiger charge is 2.41. The van der Waals surface area contributed by atoms with Crippen LogP contribution in [0.15, 0.2) is 42.4 Å². The number of benzene rings is 1. The molecule has 6 heteroatoms. The summed E-state index contributed by atoms with van der Waals surface area (Å²) in [5.41, 5.74) is 0. The number of ketones is 1. The van der Waals surface area contributed by atoms with Crippen LogP contribution in [0.25, 0.3) is 0 Å². The molecular weight excluding hydrogens is 312 g/mol. The van der Waals surface area contributed by atoms with Crippen molar-refractivity contribution in [2.45, 2.75) is 31.5 Å². The molecule has 1 heterocycles. The molecule has 0 spiro atoms. The second kappa shape index (κ2) is 7.49. The fraction of sp³-hybridized carbons (Fsp3) is 0.444. The summed E-state index contributed by atoms with van der Waals surface area (Å²) in [5.74, 6) is 0.162. The number of methoxy groups -OCH3 is 1. The predicted molar refractivity (Wildman–Crippen MR) is 84.1 cm³/mol. The first-order chi connectivity index (χ1) is 11.7. The normalized spacial score (nSPS) is 26.0. The summed E-state index contributed by atoms with van der Waals surface area (Å²) in [6, 6.07) is 9.15. The number of para-hydroxylation sites is 1. The van der Waals surface area contributed by atoms with Gasteiger partial charge in [0.2, 0.25) is 11.5 Å². The lowest BCUT2D eigenvalue weighted by Gasteiger charge is -2.36. The first-order valence-electron chi connectivity index (χ1n) is 7.98. The molecule has 128 valence electrons. The highest BCUT2D eigenvalue weighted by Crippen LogP contribution is 2.35. The van der Waals surface area contributed by atoms with Crippen molar-refractivity contribution in [3.8, 4) is 5.75 Å². The molecule has 0 amide bonds. The Hall–Kier alpha value is -2.34. The van der Waals surface area contributed by atoms with Crippen molar-refractivity contribution in [2.75, 3.05) is 13.7 Å². The van der Waals surface area contributed by atoms with E-state index in [1.165, 1.54) is 13.4 Å². The minimum atomic E-state index is -0.406. The topological polar surface area (TPSA) is 71.1 Å². The van der Waals surface area contributed by atoms with Crippen molar-refractivity contribution < 1.29 is 28.5 Å². The molecule has 1 aromatic rings. The second-order valence-corrected chi connectivity index (χ2v) is 5.86. The van der Waals surface area contributed by atoms with Gasteiger partial charge in [0.1, 0.15) is 24.7 Å². The summed E-state index contributed by atoms with van der Waals surface area (Å²) in [5, 5.41) is 0. The molecule has 3 rings (SSSR count). The van der Waals surface area contributed by atoms with Gasteiger partial charge in [0.05, 0.1) is 19.1 Å². The van der Waals surface area contributed by atoms with Crippen LogP contribution in [0.1, 0.15) is 19.3 Å². The van der Waals surface area contributed by atoms with Crippen LogP contribution >= 0.6 is 0 Å². The lowest BCUT2D eigenvalue weighted by atomic mass is 9.80. The van der Waals surface area contributed by atoms with E-state index >= 15 is 0 Å². The van der Waals surface area contributed by atoms with Gasteiger partial charge in [-0.1, -0.05) is 18.2 Å². The van der Waals surface area contributed by atoms with Crippen molar-refractivity contribution in [1.29, 1.82) is 0 Å².